The molecule has 0 saturated heterocycles. The smallest absolute Gasteiger partial charge is 0.255 e. The molecular formula is C53H50N6O6. The molecule has 1 atom stereocenters. The van der Waals surface area contributed by atoms with Gasteiger partial charge in [-0.3, -0.25) is 19.4 Å². The van der Waals surface area contributed by atoms with Gasteiger partial charge in [0.25, 0.3) is 11.8 Å². The van der Waals surface area contributed by atoms with E-state index in [4.69, 9.17) is 10.5 Å². The highest BCUT2D eigenvalue weighted by atomic mass is 16.5. The van der Waals surface area contributed by atoms with E-state index in [1.54, 1.807) is 25.3 Å². The van der Waals surface area contributed by atoms with Crippen LogP contribution in [0.25, 0.3) is 32.9 Å². The molecule has 0 unspecified atom stereocenters. The lowest BCUT2D eigenvalue weighted by atomic mass is 9.97. The van der Waals surface area contributed by atoms with E-state index >= 15 is 0 Å². The van der Waals surface area contributed by atoms with Gasteiger partial charge in [-0.15, -0.1) is 0 Å². The van der Waals surface area contributed by atoms with E-state index in [1.807, 2.05) is 79.7 Å². The van der Waals surface area contributed by atoms with E-state index in [1.165, 1.54) is 23.9 Å². The van der Waals surface area contributed by atoms with Crippen molar-refractivity contribution in [3.05, 3.63) is 189 Å². The first-order valence-electron chi connectivity index (χ1n) is 21.5. The third-order valence-corrected chi connectivity index (χ3v) is 11.5. The molecular weight excluding hydrogens is 817 g/mol. The van der Waals surface area contributed by atoms with Crippen molar-refractivity contribution in [1.29, 1.82) is 0 Å². The number of fused-ring (bicyclic) bond motifs is 2. The molecule has 12 nitrogen and oxygen atoms in total. The number of nitrogens with two attached hydrogens (primary N) is 1. The van der Waals surface area contributed by atoms with E-state index in [-0.39, 0.29) is 22.8 Å². The molecule has 12 heteroatoms. The van der Waals surface area contributed by atoms with Crippen LogP contribution >= 0.6 is 0 Å². The number of methoxy groups -OCH3 is 1. The van der Waals surface area contributed by atoms with E-state index in [0.29, 0.717) is 52.1 Å². The number of ether oxygens (including phenoxy) is 1. The molecule has 65 heavy (non-hydrogen) atoms. The molecule has 0 fully saturated rings. The number of phenols is 1. The molecule has 6 aromatic carbocycles. The molecule has 0 aliphatic heterocycles. The average Bonchev–Trinajstić information content (AvgIpc) is 3.31. The molecule has 0 saturated carbocycles. The number of primary amides is 1. The summed E-state index contributed by atoms with van der Waals surface area (Å²) in [4.78, 5) is 45.1. The van der Waals surface area contributed by atoms with Gasteiger partial charge in [0.1, 0.15) is 11.5 Å². The van der Waals surface area contributed by atoms with E-state index in [0.717, 1.165) is 70.2 Å². The number of pyridine rings is 2. The number of carbonyl (C=O) groups excluding carboxylic acids is 2. The quantitative estimate of drug-likeness (QED) is 0.0438. The lowest BCUT2D eigenvalue weighted by Crippen LogP contribution is -2.23. The normalized spacial score (nSPS) is 11.7. The molecule has 0 aliphatic rings. The van der Waals surface area contributed by atoms with Crippen molar-refractivity contribution in [3.8, 4) is 22.6 Å². The zero-order valence-electron chi connectivity index (χ0n) is 36.2. The Bertz CT molecular complexity index is 3090. The van der Waals surface area contributed by atoms with Crippen molar-refractivity contribution >= 4 is 50.7 Å². The van der Waals surface area contributed by atoms with Crippen molar-refractivity contribution in [3.63, 3.8) is 0 Å². The Morgan fingerprint density at radius 3 is 2.42 bits per heavy atom. The Balaban J connectivity index is 0.864. The number of aliphatic hydroxyl groups excluding tert-OH is 1. The van der Waals surface area contributed by atoms with Crippen LogP contribution in [0.4, 0.5) is 17.1 Å². The second kappa shape index (κ2) is 19.7. The van der Waals surface area contributed by atoms with Crippen LogP contribution in [-0.4, -0.2) is 52.2 Å². The lowest BCUT2D eigenvalue weighted by molar-refractivity contribution is 0.0998. The van der Waals surface area contributed by atoms with Gasteiger partial charge >= 0.3 is 0 Å². The van der Waals surface area contributed by atoms with Gasteiger partial charge in [0.15, 0.2) is 0 Å². The number of unbranched alkanes of at least 4 members (excludes halogenated alkanes) is 1. The zero-order chi connectivity index (χ0) is 45.5. The molecule has 8 aromatic rings. The highest BCUT2D eigenvalue weighted by Crippen LogP contribution is 2.34. The van der Waals surface area contributed by atoms with E-state index < -0.39 is 12.0 Å². The summed E-state index contributed by atoms with van der Waals surface area (Å²) in [5, 5.41) is 32.1. The maximum Gasteiger partial charge on any atom is 0.255 e. The number of aromatic nitrogens is 2. The number of hydrogen-bond acceptors (Lipinski definition) is 9. The van der Waals surface area contributed by atoms with Crippen molar-refractivity contribution in [1.82, 2.24) is 15.3 Å². The fourth-order valence-corrected chi connectivity index (χ4v) is 8.20. The Hall–Kier alpha value is -7.80. The van der Waals surface area contributed by atoms with Gasteiger partial charge in [0.2, 0.25) is 5.56 Å². The summed E-state index contributed by atoms with van der Waals surface area (Å²) in [5.41, 5.74) is 16.1. The Labute approximate surface area is 376 Å². The lowest BCUT2D eigenvalue weighted by Gasteiger charge is -2.16. The van der Waals surface area contributed by atoms with Crippen molar-refractivity contribution in [2.75, 3.05) is 30.8 Å². The number of aryl methyl sites for hydroxylation is 2. The third-order valence-electron chi connectivity index (χ3n) is 11.5. The maximum atomic E-state index is 13.6. The maximum absolute atomic E-state index is 13.6. The molecule has 2 amide bonds. The number of aromatic hydroxyl groups is 1. The van der Waals surface area contributed by atoms with Crippen LogP contribution in [0.3, 0.4) is 0 Å². The summed E-state index contributed by atoms with van der Waals surface area (Å²) in [6.07, 6.45) is 4.05. The number of benzene rings is 6. The monoisotopic (exact) mass is 866 g/mol. The molecule has 2 heterocycles. The van der Waals surface area contributed by atoms with Crippen LogP contribution < -0.4 is 32.0 Å². The Morgan fingerprint density at radius 1 is 0.800 bits per heavy atom. The average molecular weight is 867 g/mol. The minimum absolute atomic E-state index is 0.0328. The fraction of sp³-hybridized carbons (Fsp3) is 0.170. The van der Waals surface area contributed by atoms with Crippen molar-refractivity contribution in [2.45, 2.75) is 38.7 Å². The Morgan fingerprint density at radius 2 is 1.60 bits per heavy atom. The van der Waals surface area contributed by atoms with Crippen LogP contribution in [0, 0.1) is 6.92 Å². The molecule has 0 spiro atoms. The molecule has 328 valence electrons. The minimum atomic E-state index is -0.795. The molecule has 2 aromatic heterocycles. The second-order valence-corrected chi connectivity index (χ2v) is 16.1. The van der Waals surface area contributed by atoms with E-state index in [9.17, 15) is 24.6 Å². The number of amides is 2. The summed E-state index contributed by atoms with van der Waals surface area (Å²) >= 11 is 0. The number of nitrogens with one attached hydrogen (secondary N) is 4. The first kappa shape index (κ1) is 43.8. The number of phenolic OH excluding ortho intramolecular Hbond substituents is 1. The summed E-state index contributed by atoms with van der Waals surface area (Å²) in [5.74, 6) is -0.176. The number of aliphatic hydroxyl groups is 1. The first-order valence-corrected chi connectivity index (χ1v) is 21.5. The molecule has 0 aliphatic carbocycles. The zero-order valence-corrected chi connectivity index (χ0v) is 36.2. The number of rotatable bonds is 17. The summed E-state index contributed by atoms with van der Waals surface area (Å²) in [7, 11) is 1.60. The number of aromatic amines is 1. The molecule has 0 bridgehead atoms. The van der Waals surface area contributed by atoms with Gasteiger partial charge in [-0.25, -0.2) is 0 Å². The number of anilines is 3. The van der Waals surface area contributed by atoms with E-state index in [2.05, 4.69) is 56.3 Å². The van der Waals surface area contributed by atoms with Crippen LogP contribution in [-0.2, 0) is 12.8 Å². The number of H-pyrrole nitrogens is 1. The molecule has 0 radical (unpaired) electrons. The van der Waals surface area contributed by atoms with Crippen molar-refractivity contribution < 1.29 is 24.5 Å². The minimum Gasteiger partial charge on any atom is -0.506 e. The molecule has 8 rings (SSSR count). The van der Waals surface area contributed by atoms with Crippen molar-refractivity contribution in [2.24, 2.45) is 5.73 Å². The highest BCUT2D eigenvalue weighted by molar-refractivity contribution is 6.08. The third kappa shape index (κ3) is 10.4. The second-order valence-electron chi connectivity index (χ2n) is 16.1. The number of hydrogen-bond donors (Lipinski definition) is 7. The van der Waals surface area contributed by atoms with Gasteiger partial charge in [0.05, 0.1) is 35.5 Å². The largest absolute Gasteiger partial charge is 0.506 e. The SMILES string of the molecule is COc1cccc(Nc2c(C(N)=O)cnc3c(C)cc(Cc4cccc(C(=O)Nc5cccc(-c6ccc(CCCCNC[C@H](O)c7ccc(O)c8[nH]c(=O)ccc78)cc6)c5)c4)cc23)c1. The first-order chi connectivity index (χ1) is 31.5. The number of nitrogens with zero attached hydrogens (tertiary/aromatic N) is 1. The predicted molar refractivity (Wildman–Crippen MR) is 257 cm³/mol. The summed E-state index contributed by atoms with van der Waals surface area (Å²) < 4.78 is 5.40. The summed E-state index contributed by atoms with van der Waals surface area (Å²) in [6, 6.07) is 41.5. The fourth-order valence-electron chi connectivity index (χ4n) is 8.20. The van der Waals surface area contributed by atoms with Gasteiger partial charge in [-0.05, 0) is 133 Å². The summed E-state index contributed by atoms with van der Waals surface area (Å²) in [6.45, 7) is 3.06. The van der Waals surface area contributed by atoms with Crippen LogP contribution in [0.2, 0.25) is 0 Å². The highest BCUT2D eigenvalue weighted by Gasteiger charge is 2.18. The topological polar surface area (TPSA) is 192 Å². The van der Waals surface area contributed by atoms with Crippen LogP contribution in [0.1, 0.15) is 67.5 Å². The number of carbonyl (C=O) groups is 2. The van der Waals surface area contributed by atoms with Gasteiger partial charge in [-0.1, -0.05) is 66.7 Å². The van der Waals surface area contributed by atoms with Gasteiger partial charge in [-0.2, -0.15) is 0 Å². The van der Waals surface area contributed by atoms with Crippen LogP contribution in [0.15, 0.2) is 144 Å². The molecule has 8 N–H and O–H groups in total. The standard InChI is InChI=1S/C53H50N6O6/c1-32-24-35(27-44-49(32)56-30-45(52(54)63)50(44)57-40-13-7-14-41(29-40)65-2)25-34-9-5-11-38(26-34)53(64)58-39-12-6-10-37(28-39)36-17-15-33(16-18-36)8-3-4-23-55-31-47(61)42-19-21-46(60)51-43(42)20-22-48(62)59-51/h5-7,9-22,24,26-30,47,55,60-61H,3-4,8,23,25,31H2,1-2H3,(H2,54,63)(H,56,57)(H,58,64)(H,59,62)/t47-/m0/s1. The Kier molecular flexibility index (Phi) is 13.3. The van der Waals surface area contributed by atoms with Gasteiger partial charge in [0, 0.05) is 52.6 Å². The van der Waals surface area contributed by atoms with Gasteiger partial charge < -0.3 is 41.6 Å². The predicted octanol–water partition coefficient (Wildman–Crippen LogP) is 9.10. The van der Waals surface area contributed by atoms with Crippen LogP contribution in [0.5, 0.6) is 11.5 Å².